The number of hydrogen-bond donors (Lipinski definition) is 3. The zero-order chi connectivity index (χ0) is 13.2. The molecule has 19 heavy (non-hydrogen) atoms. The average molecular weight is 263 g/mol. The molecule has 5 unspecified atom stereocenters. The van der Waals surface area contributed by atoms with Gasteiger partial charge in [0.15, 0.2) is 0 Å². The molecule has 4 heteroatoms. The summed E-state index contributed by atoms with van der Waals surface area (Å²) in [4.78, 5) is 0. The topological polar surface area (TPSA) is 61.7 Å². The summed E-state index contributed by atoms with van der Waals surface area (Å²) in [6.07, 6.45) is 1.41. The van der Waals surface area contributed by atoms with E-state index in [0.717, 1.165) is 24.9 Å². The molecule has 0 aromatic heterocycles. The Balaban J connectivity index is 1.65. The Kier molecular flexibility index (Phi) is 3.84. The molecule has 3 N–H and O–H groups in total. The first-order chi connectivity index (χ1) is 9.28. The number of rotatable bonds is 3. The van der Waals surface area contributed by atoms with Gasteiger partial charge in [0.1, 0.15) is 6.23 Å². The van der Waals surface area contributed by atoms with E-state index >= 15 is 0 Å². The predicted octanol–water partition coefficient (Wildman–Crippen LogP) is 1.05. The van der Waals surface area contributed by atoms with Gasteiger partial charge in [0.25, 0.3) is 0 Å². The summed E-state index contributed by atoms with van der Waals surface area (Å²) in [5.41, 5.74) is 0.977. The van der Waals surface area contributed by atoms with Crippen LogP contribution >= 0.6 is 0 Å². The van der Waals surface area contributed by atoms with Gasteiger partial charge >= 0.3 is 0 Å². The largest absolute Gasteiger partial charge is 0.394 e. The number of aliphatic hydroxyl groups is 2. The van der Waals surface area contributed by atoms with E-state index < -0.39 is 6.10 Å². The maximum absolute atomic E-state index is 10.5. The first kappa shape index (κ1) is 13.1. The van der Waals surface area contributed by atoms with Crippen LogP contribution < -0.4 is 5.32 Å². The van der Waals surface area contributed by atoms with Gasteiger partial charge in [-0.05, 0) is 18.4 Å². The predicted molar refractivity (Wildman–Crippen MR) is 71.4 cm³/mol. The van der Waals surface area contributed by atoms with Crippen molar-refractivity contribution in [2.45, 2.75) is 31.3 Å². The summed E-state index contributed by atoms with van der Waals surface area (Å²) < 4.78 is 5.71. The third kappa shape index (κ3) is 2.67. The van der Waals surface area contributed by atoms with E-state index in [0.29, 0.717) is 5.92 Å². The molecule has 0 bridgehead atoms. The van der Waals surface area contributed by atoms with Crippen molar-refractivity contribution in [2.75, 3.05) is 13.2 Å². The van der Waals surface area contributed by atoms with Crippen molar-refractivity contribution in [3.8, 4) is 0 Å². The maximum atomic E-state index is 10.5. The van der Waals surface area contributed by atoms with Crippen molar-refractivity contribution in [2.24, 2.45) is 11.8 Å². The molecule has 2 aliphatic rings. The van der Waals surface area contributed by atoms with Gasteiger partial charge in [-0.1, -0.05) is 30.3 Å². The fraction of sp³-hybridized carbons (Fsp3) is 0.600. The van der Waals surface area contributed by atoms with Crippen molar-refractivity contribution < 1.29 is 14.9 Å². The lowest BCUT2D eigenvalue weighted by molar-refractivity contribution is -0.0356. The van der Waals surface area contributed by atoms with Gasteiger partial charge in [0.05, 0.1) is 18.8 Å². The average Bonchev–Trinajstić information content (AvgIpc) is 2.89. The number of nitrogens with one attached hydrogen (secondary N) is 1. The number of benzene rings is 1. The monoisotopic (exact) mass is 263 g/mol. The lowest BCUT2D eigenvalue weighted by Gasteiger charge is -2.34. The Labute approximate surface area is 113 Å². The molecule has 1 aromatic rings. The van der Waals surface area contributed by atoms with Gasteiger partial charge in [0.2, 0.25) is 0 Å². The minimum Gasteiger partial charge on any atom is -0.394 e. The molecule has 4 nitrogen and oxygen atoms in total. The standard InChI is InChI=1S/C15H21NO3/c17-9-13-7-11-6-12(8-16-15(11)19-13)14(18)10-4-2-1-3-5-10/h1-5,11-18H,6-9H2. The number of aliphatic hydroxyl groups excluding tert-OH is 2. The van der Waals surface area contributed by atoms with E-state index in [1.165, 1.54) is 0 Å². The van der Waals surface area contributed by atoms with Crippen LogP contribution in [-0.2, 0) is 4.74 Å². The number of fused-ring (bicyclic) bond motifs is 1. The van der Waals surface area contributed by atoms with Crippen LogP contribution in [0, 0.1) is 11.8 Å². The highest BCUT2D eigenvalue weighted by atomic mass is 16.5. The third-order valence-electron chi connectivity index (χ3n) is 4.31. The Morgan fingerprint density at radius 2 is 2.05 bits per heavy atom. The molecule has 2 fully saturated rings. The van der Waals surface area contributed by atoms with E-state index in [1.54, 1.807) is 0 Å². The SMILES string of the molecule is OCC1CC2CC(C(O)c3ccccc3)CNC2O1. The van der Waals surface area contributed by atoms with Crippen molar-refractivity contribution in [1.29, 1.82) is 0 Å². The van der Waals surface area contributed by atoms with Gasteiger partial charge in [-0.15, -0.1) is 0 Å². The molecular weight excluding hydrogens is 242 g/mol. The molecule has 104 valence electrons. The van der Waals surface area contributed by atoms with E-state index in [9.17, 15) is 5.11 Å². The smallest absolute Gasteiger partial charge is 0.111 e. The molecule has 1 aromatic carbocycles. The van der Waals surface area contributed by atoms with Gasteiger partial charge in [0, 0.05) is 18.4 Å². The van der Waals surface area contributed by atoms with E-state index in [-0.39, 0.29) is 24.9 Å². The lowest BCUT2D eigenvalue weighted by atomic mass is 9.82. The lowest BCUT2D eigenvalue weighted by Crippen LogP contribution is -2.45. The van der Waals surface area contributed by atoms with Gasteiger partial charge in [-0.25, -0.2) is 0 Å². The Morgan fingerprint density at radius 3 is 2.79 bits per heavy atom. The summed E-state index contributed by atoms with van der Waals surface area (Å²) in [6.45, 7) is 0.843. The minimum absolute atomic E-state index is 0.0462. The summed E-state index contributed by atoms with van der Waals surface area (Å²) in [7, 11) is 0. The first-order valence-corrected chi connectivity index (χ1v) is 7.00. The van der Waals surface area contributed by atoms with Crippen molar-refractivity contribution >= 4 is 0 Å². The molecule has 0 saturated carbocycles. The van der Waals surface area contributed by atoms with Crippen molar-refractivity contribution in [3.05, 3.63) is 35.9 Å². The van der Waals surface area contributed by atoms with Crippen LogP contribution in [0.3, 0.4) is 0 Å². The molecule has 0 radical (unpaired) electrons. The normalized spacial score (nSPS) is 35.9. The summed E-state index contributed by atoms with van der Waals surface area (Å²) in [5.74, 6) is 0.610. The van der Waals surface area contributed by atoms with Gasteiger partial charge in [-0.3, -0.25) is 5.32 Å². The summed E-state index contributed by atoms with van der Waals surface area (Å²) in [5, 5.41) is 23.0. The third-order valence-corrected chi connectivity index (χ3v) is 4.31. The van der Waals surface area contributed by atoms with Crippen LogP contribution in [0.1, 0.15) is 24.5 Å². The van der Waals surface area contributed by atoms with Gasteiger partial charge in [-0.2, -0.15) is 0 Å². The van der Waals surface area contributed by atoms with Crippen LogP contribution in [0.2, 0.25) is 0 Å². The second kappa shape index (κ2) is 5.59. The van der Waals surface area contributed by atoms with Crippen molar-refractivity contribution in [3.63, 3.8) is 0 Å². The molecule has 0 spiro atoms. The highest BCUT2D eigenvalue weighted by Crippen LogP contribution is 2.37. The second-order valence-electron chi connectivity index (χ2n) is 5.62. The highest BCUT2D eigenvalue weighted by molar-refractivity contribution is 5.18. The number of ether oxygens (including phenoxy) is 1. The molecule has 5 atom stereocenters. The van der Waals surface area contributed by atoms with E-state index in [1.807, 2.05) is 30.3 Å². The molecule has 2 saturated heterocycles. The molecule has 2 aliphatic heterocycles. The summed E-state index contributed by atoms with van der Waals surface area (Å²) >= 11 is 0. The van der Waals surface area contributed by atoms with Crippen LogP contribution in [0.4, 0.5) is 0 Å². The Bertz CT molecular complexity index is 411. The van der Waals surface area contributed by atoms with Crippen LogP contribution in [0.15, 0.2) is 30.3 Å². The Morgan fingerprint density at radius 1 is 1.26 bits per heavy atom. The van der Waals surface area contributed by atoms with Crippen molar-refractivity contribution in [1.82, 2.24) is 5.32 Å². The quantitative estimate of drug-likeness (QED) is 0.763. The van der Waals surface area contributed by atoms with Crippen LogP contribution in [-0.4, -0.2) is 35.7 Å². The van der Waals surface area contributed by atoms with E-state index in [4.69, 9.17) is 9.84 Å². The maximum Gasteiger partial charge on any atom is 0.111 e. The molecule has 2 heterocycles. The molecule has 0 amide bonds. The zero-order valence-corrected chi connectivity index (χ0v) is 10.9. The molecule has 3 rings (SSSR count). The van der Waals surface area contributed by atoms with Crippen LogP contribution in [0.25, 0.3) is 0 Å². The van der Waals surface area contributed by atoms with Gasteiger partial charge < -0.3 is 14.9 Å². The molecule has 0 aliphatic carbocycles. The fourth-order valence-corrected chi connectivity index (χ4v) is 3.29. The van der Waals surface area contributed by atoms with E-state index in [2.05, 4.69) is 5.32 Å². The first-order valence-electron chi connectivity index (χ1n) is 7.00. The number of piperidine rings is 1. The second-order valence-corrected chi connectivity index (χ2v) is 5.62. The van der Waals surface area contributed by atoms with Crippen LogP contribution in [0.5, 0.6) is 0 Å². The highest BCUT2D eigenvalue weighted by Gasteiger charge is 2.41. The Hall–Kier alpha value is -0.940. The molecular formula is C15H21NO3. The summed E-state index contributed by atoms with van der Waals surface area (Å²) in [6, 6.07) is 9.81. The fourth-order valence-electron chi connectivity index (χ4n) is 3.29. The number of hydrogen-bond acceptors (Lipinski definition) is 4. The zero-order valence-electron chi connectivity index (χ0n) is 10.9. The minimum atomic E-state index is -0.428.